The molecule has 6 heteroatoms. The fourth-order valence-corrected chi connectivity index (χ4v) is 1.94. The average molecular weight is 259 g/mol. The van der Waals surface area contributed by atoms with E-state index >= 15 is 0 Å². The quantitative estimate of drug-likeness (QED) is 0.711. The Labute approximate surface area is 107 Å². The van der Waals surface area contributed by atoms with Crippen LogP contribution in [0.4, 0.5) is 10.1 Å². The first-order chi connectivity index (χ1) is 9.16. The summed E-state index contributed by atoms with van der Waals surface area (Å²) in [7, 11) is 0. The van der Waals surface area contributed by atoms with Gasteiger partial charge in [-0.25, -0.2) is 14.2 Å². The van der Waals surface area contributed by atoms with Gasteiger partial charge < -0.3 is 10.2 Å². The maximum atomic E-state index is 13.7. The number of hydrogen-bond acceptors (Lipinski definition) is 4. The van der Waals surface area contributed by atoms with Gasteiger partial charge in [-0.3, -0.25) is 4.57 Å². The molecule has 3 aromatic rings. The Bertz CT molecular complexity index is 787. The highest BCUT2D eigenvalue weighted by molar-refractivity contribution is 5.67. The Morgan fingerprint density at radius 1 is 1.32 bits per heavy atom. The minimum absolute atomic E-state index is 0.0125. The van der Waals surface area contributed by atoms with Gasteiger partial charge >= 0.3 is 5.76 Å². The summed E-state index contributed by atoms with van der Waals surface area (Å²) in [5.41, 5.74) is 7.00. The summed E-state index contributed by atoms with van der Waals surface area (Å²) in [4.78, 5) is 15.8. The molecule has 2 N–H and O–H groups in total. The van der Waals surface area contributed by atoms with Crippen molar-refractivity contribution >= 4 is 16.9 Å². The Kier molecular flexibility index (Phi) is 2.56. The predicted octanol–water partition coefficient (Wildman–Crippen LogP) is 1.76. The van der Waals surface area contributed by atoms with E-state index in [-0.39, 0.29) is 17.8 Å². The van der Waals surface area contributed by atoms with Crippen LogP contribution in [-0.4, -0.2) is 9.55 Å². The van der Waals surface area contributed by atoms with E-state index in [1.165, 1.54) is 16.7 Å². The first-order valence-electron chi connectivity index (χ1n) is 5.64. The summed E-state index contributed by atoms with van der Waals surface area (Å²) >= 11 is 0. The zero-order valence-electron chi connectivity index (χ0n) is 9.84. The topological polar surface area (TPSA) is 74.0 Å². The smallest absolute Gasteiger partial charge is 0.406 e. The van der Waals surface area contributed by atoms with Gasteiger partial charge in [-0.15, -0.1) is 0 Å². The Hall–Kier alpha value is -2.63. The second kappa shape index (κ2) is 4.24. The molecule has 0 fully saturated rings. The number of pyridine rings is 1. The molecule has 0 saturated heterocycles. The van der Waals surface area contributed by atoms with Crippen LogP contribution in [0.1, 0.15) is 5.56 Å². The van der Waals surface area contributed by atoms with Gasteiger partial charge in [-0.2, -0.15) is 0 Å². The van der Waals surface area contributed by atoms with Crippen molar-refractivity contribution in [1.29, 1.82) is 0 Å². The van der Waals surface area contributed by atoms with Crippen LogP contribution >= 0.6 is 0 Å². The SMILES string of the molecule is Nc1cccc(F)c1Cn1c(=O)oc2cccnc21. The fourth-order valence-electron chi connectivity index (χ4n) is 1.94. The van der Waals surface area contributed by atoms with Crippen molar-refractivity contribution in [2.45, 2.75) is 6.54 Å². The van der Waals surface area contributed by atoms with E-state index in [4.69, 9.17) is 10.2 Å². The van der Waals surface area contributed by atoms with Gasteiger partial charge in [0.2, 0.25) is 0 Å². The van der Waals surface area contributed by atoms with Crippen molar-refractivity contribution in [3.63, 3.8) is 0 Å². The molecule has 0 bridgehead atoms. The van der Waals surface area contributed by atoms with E-state index < -0.39 is 11.6 Å². The molecular formula is C13H10FN3O2. The summed E-state index contributed by atoms with van der Waals surface area (Å²) in [5, 5.41) is 0. The molecule has 0 radical (unpaired) electrons. The Morgan fingerprint density at radius 2 is 2.16 bits per heavy atom. The van der Waals surface area contributed by atoms with Crippen molar-refractivity contribution in [3.05, 3.63) is 58.5 Å². The minimum Gasteiger partial charge on any atom is -0.406 e. The number of fused-ring (bicyclic) bond motifs is 1. The van der Waals surface area contributed by atoms with Gasteiger partial charge in [0.15, 0.2) is 11.2 Å². The second-order valence-electron chi connectivity index (χ2n) is 4.09. The lowest BCUT2D eigenvalue weighted by Crippen LogP contribution is -2.17. The minimum atomic E-state index is -0.587. The van der Waals surface area contributed by atoms with E-state index in [9.17, 15) is 9.18 Å². The molecular weight excluding hydrogens is 249 g/mol. The van der Waals surface area contributed by atoms with Gasteiger partial charge in [0.1, 0.15) is 5.82 Å². The molecule has 5 nitrogen and oxygen atoms in total. The first kappa shape index (κ1) is 11.5. The van der Waals surface area contributed by atoms with Crippen LogP contribution in [0.2, 0.25) is 0 Å². The van der Waals surface area contributed by atoms with Crippen LogP contribution in [0.15, 0.2) is 45.7 Å². The first-order valence-corrected chi connectivity index (χ1v) is 5.64. The summed E-state index contributed by atoms with van der Waals surface area (Å²) < 4.78 is 20.0. The summed E-state index contributed by atoms with van der Waals surface area (Å²) in [6, 6.07) is 7.69. The number of anilines is 1. The van der Waals surface area contributed by atoms with Crippen LogP contribution < -0.4 is 11.5 Å². The van der Waals surface area contributed by atoms with Crippen molar-refractivity contribution in [1.82, 2.24) is 9.55 Å². The Balaban J connectivity index is 2.16. The third-order valence-electron chi connectivity index (χ3n) is 2.90. The molecule has 0 aliphatic heterocycles. The van der Waals surface area contributed by atoms with Gasteiger partial charge in [0.25, 0.3) is 0 Å². The maximum Gasteiger partial charge on any atom is 0.421 e. The van der Waals surface area contributed by atoms with E-state index in [0.29, 0.717) is 11.2 Å². The number of nitrogens with zero attached hydrogens (tertiary/aromatic N) is 2. The summed E-state index contributed by atoms with van der Waals surface area (Å²) in [5.74, 6) is -1.05. The van der Waals surface area contributed by atoms with Crippen LogP contribution in [0.25, 0.3) is 11.2 Å². The largest absolute Gasteiger partial charge is 0.421 e. The summed E-state index contributed by atoms with van der Waals surface area (Å²) in [6.07, 6.45) is 1.54. The number of rotatable bonds is 2. The standard InChI is InChI=1S/C13H10FN3O2/c14-9-3-1-4-10(15)8(9)7-17-12-11(19-13(17)18)5-2-6-16-12/h1-6H,7,15H2. The lowest BCUT2D eigenvalue weighted by molar-refractivity contribution is 0.512. The highest BCUT2D eigenvalue weighted by Crippen LogP contribution is 2.18. The van der Waals surface area contributed by atoms with E-state index in [2.05, 4.69) is 4.98 Å². The number of benzene rings is 1. The van der Waals surface area contributed by atoms with Crippen molar-refractivity contribution in [3.8, 4) is 0 Å². The lowest BCUT2D eigenvalue weighted by Gasteiger charge is -2.06. The maximum absolute atomic E-state index is 13.7. The number of nitrogens with two attached hydrogens (primary N) is 1. The zero-order chi connectivity index (χ0) is 13.4. The van der Waals surface area contributed by atoms with Crippen molar-refractivity contribution < 1.29 is 8.81 Å². The fraction of sp³-hybridized carbons (Fsp3) is 0.0769. The third-order valence-corrected chi connectivity index (χ3v) is 2.90. The second-order valence-corrected chi connectivity index (χ2v) is 4.09. The molecule has 19 heavy (non-hydrogen) atoms. The van der Waals surface area contributed by atoms with E-state index in [0.717, 1.165) is 0 Å². The highest BCUT2D eigenvalue weighted by Gasteiger charge is 2.14. The molecule has 2 heterocycles. The van der Waals surface area contributed by atoms with Crippen LogP contribution in [-0.2, 0) is 6.54 Å². The zero-order valence-corrected chi connectivity index (χ0v) is 9.84. The number of nitrogen functional groups attached to an aromatic ring is 1. The molecule has 3 rings (SSSR count). The molecule has 0 saturated carbocycles. The van der Waals surface area contributed by atoms with Gasteiger partial charge in [0, 0.05) is 17.4 Å². The number of hydrogen-bond donors (Lipinski definition) is 1. The lowest BCUT2D eigenvalue weighted by atomic mass is 10.1. The normalized spacial score (nSPS) is 11.0. The van der Waals surface area contributed by atoms with Crippen LogP contribution in [0.5, 0.6) is 0 Å². The molecule has 2 aromatic heterocycles. The van der Waals surface area contributed by atoms with Crippen LogP contribution in [0, 0.1) is 5.82 Å². The predicted molar refractivity (Wildman–Crippen MR) is 68.2 cm³/mol. The molecule has 96 valence electrons. The van der Waals surface area contributed by atoms with Crippen LogP contribution in [0.3, 0.4) is 0 Å². The van der Waals surface area contributed by atoms with E-state index in [1.54, 1.807) is 24.4 Å². The molecule has 0 amide bonds. The summed E-state index contributed by atoms with van der Waals surface area (Å²) in [6.45, 7) is -0.0125. The van der Waals surface area contributed by atoms with Crippen molar-refractivity contribution in [2.24, 2.45) is 0 Å². The van der Waals surface area contributed by atoms with Crippen molar-refractivity contribution in [2.75, 3.05) is 5.73 Å². The number of aromatic nitrogens is 2. The third kappa shape index (κ3) is 1.87. The molecule has 0 aliphatic carbocycles. The monoisotopic (exact) mass is 259 g/mol. The number of halogens is 1. The Morgan fingerprint density at radius 3 is 2.95 bits per heavy atom. The molecule has 0 atom stereocenters. The molecule has 1 aromatic carbocycles. The van der Waals surface area contributed by atoms with Gasteiger partial charge in [0.05, 0.1) is 6.54 Å². The highest BCUT2D eigenvalue weighted by atomic mass is 19.1. The van der Waals surface area contributed by atoms with Gasteiger partial charge in [-0.05, 0) is 24.3 Å². The number of oxazole rings is 1. The van der Waals surface area contributed by atoms with Gasteiger partial charge in [-0.1, -0.05) is 6.07 Å². The molecule has 0 spiro atoms. The molecule has 0 unspecified atom stereocenters. The van der Waals surface area contributed by atoms with E-state index in [1.807, 2.05) is 0 Å². The average Bonchev–Trinajstić information content (AvgIpc) is 2.70. The molecule has 0 aliphatic rings.